The Bertz CT molecular complexity index is 1050. The van der Waals surface area contributed by atoms with Gasteiger partial charge in [-0.1, -0.05) is 18.6 Å². The summed E-state index contributed by atoms with van der Waals surface area (Å²) in [6.45, 7) is 1.55. The van der Waals surface area contributed by atoms with E-state index in [2.05, 4.69) is 0 Å². The van der Waals surface area contributed by atoms with Crippen molar-refractivity contribution in [2.45, 2.75) is 43.5 Å². The van der Waals surface area contributed by atoms with Crippen molar-refractivity contribution in [1.29, 1.82) is 0 Å². The van der Waals surface area contributed by atoms with Crippen LogP contribution in [0.5, 0.6) is 17.2 Å². The number of benzene rings is 2. The molecule has 0 N–H and O–H groups in total. The normalized spacial score (nSPS) is 14.5. The standard InChI is InChI=1S/C25H34N2O6S/c1-26(18-20-16-22(31-2)25(33-4)23(17-20)32-3)24(28)13-10-19-8-11-21(12-9-19)34(29,30)27-14-6-5-7-15-27/h8-9,11-12,16-17H,5-7,10,13-15,18H2,1-4H3. The quantitative estimate of drug-likeness (QED) is 0.507. The largest absolute Gasteiger partial charge is 0.493 e. The first-order valence-corrected chi connectivity index (χ1v) is 12.9. The van der Waals surface area contributed by atoms with Crippen LogP contribution in [0.25, 0.3) is 0 Å². The minimum atomic E-state index is -3.45. The van der Waals surface area contributed by atoms with Gasteiger partial charge in [0.2, 0.25) is 21.7 Å². The van der Waals surface area contributed by atoms with E-state index in [1.165, 1.54) is 0 Å². The lowest BCUT2D eigenvalue weighted by Gasteiger charge is -2.25. The second kappa shape index (κ2) is 11.6. The zero-order valence-corrected chi connectivity index (χ0v) is 21.2. The Labute approximate surface area is 202 Å². The maximum atomic E-state index is 12.8. The monoisotopic (exact) mass is 490 g/mol. The molecule has 1 saturated heterocycles. The van der Waals surface area contributed by atoms with Gasteiger partial charge in [0.15, 0.2) is 11.5 Å². The zero-order valence-electron chi connectivity index (χ0n) is 20.4. The van der Waals surface area contributed by atoms with Crippen LogP contribution in [0, 0.1) is 0 Å². The fraction of sp³-hybridized carbons (Fsp3) is 0.480. The molecule has 0 radical (unpaired) electrons. The molecule has 1 aliphatic rings. The molecular weight excluding hydrogens is 456 g/mol. The highest BCUT2D eigenvalue weighted by molar-refractivity contribution is 7.89. The van der Waals surface area contributed by atoms with Crippen LogP contribution in [-0.4, -0.2) is 65.0 Å². The average Bonchev–Trinajstić information content (AvgIpc) is 2.87. The van der Waals surface area contributed by atoms with Gasteiger partial charge in [-0.05, 0) is 54.7 Å². The summed E-state index contributed by atoms with van der Waals surface area (Å²) in [5.41, 5.74) is 1.78. The van der Waals surface area contributed by atoms with E-state index in [4.69, 9.17) is 14.2 Å². The number of piperidine rings is 1. The van der Waals surface area contributed by atoms with Crippen LogP contribution in [0.1, 0.15) is 36.8 Å². The van der Waals surface area contributed by atoms with Crippen molar-refractivity contribution in [3.63, 3.8) is 0 Å². The number of carbonyl (C=O) groups is 1. The molecule has 186 valence electrons. The van der Waals surface area contributed by atoms with E-state index in [1.54, 1.807) is 61.8 Å². The maximum Gasteiger partial charge on any atom is 0.243 e. The van der Waals surface area contributed by atoms with Gasteiger partial charge in [0.25, 0.3) is 0 Å². The summed E-state index contributed by atoms with van der Waals surface area (Å²) in [5.74, 6) is 1.57. The van der Waals surface area contributed by atoms with E-state index >= 15 is 0 Å². The van der Waals surface area contributed by atoms with Crippen molar-refractivity contribution in [3.05, 3.63) is 47.5 Å². The van der Waals surface area contributed by atoms with E-state index in [-0.39, 0.29) is 5.91 Å². The third-order valence-electron chi connectivity index (χ3n) is 6.07. The predicted octanol–water partition coefficient (Wildman–Crippen LogP) is 3.48. The van der Waals surface area contributed by atoms with E-state index in [9.17, 15) is 13.2 Å². The van der Waals surface area contributed by atoms with Crippen molar-refractivity contribution in [1.82, 2.24) is 9.21 Å². The molecule has 3 rings (SSSR count). The van der Waals surface area contributed by atoms with Gasteiger partial charge in [-0.15, -0.1) is 0 Å². The third kappa shape index (κ3) is 6.01. The lowest BCUT2D eigenvalue weighted by atomic mass is 10.1. The smallest absolute Gasteiger partial charge is 0.243 e. The van der Waals surface area contributed by atoms with Crippen LogP contribution >= 0.6 is 0 Å². The number of hydrogen-bond donors (Lipinski definition) is 0. The van der Waals surface area contributed by atoms with Gasteiger partial charge in [-0.25, -0.2) is 8.42 Å². The zero-order chi connectivity index (χ0) is 24.7. The second-order valence-electron chi connectivity index (χ2n) is 8.39. The van der Waals surface area contributed by atoms with E-state index < -0.39 is 10.0 Å². The minimum absolute atomic E-state index is 0.0150. The fourth-order valence-corrected chi connectivity index (χ4v) is 5.63. The summed E-state index contributed by atoms with van der Waals surface area (Å²) in [6, 6.07) is 10.5. The maximum absolute atomic E-state index is 12.8. The molecule has 0 bridgehead atoms. The van der Waals surface area contributed by atoms with Crippen molar-refractivity contribution in [3.8, 4) is 17.2 Å². The molecule has 1 fully saturated rings. The molecule has 0 spiro atoms. The Kier molecular flexibility index (Phi) is 8.79. The van der Waals surface area contributed by atoms with Crippen LogP contribution in [-0.2, 0) is 27.8 Å². The summed E-state index contributed by atoms with van der Waals surface area (Å²) in [4.78, 5) is 14.7. The molecule has 1 amide bonds. The van der Waals surface area contributed by atoms with Crippen molar-refractivity contribution >= 4 is 15.9 Å². The molecule has 9 heteroatoms. The third-order valence-corrected chi connectivity index (χ3v) is 7.99. The van der Waals surface area contributed by atoms with Crippen LogP contribution < -0.4 is 14.2 Å². The summed E-state index contributed by atoms with van der Waals surface area (Å²) < 4.78 is 43.3. The molecular formula is C25H34N2O6S. The van der Waals surface area contributed by atoms with Gasteiger partial charge < -0.3 is 19.1 Å². The highest BCUT2D eigenvalue weighted by Crippen LogP contribution is 2.38. The molecule has 1 heterocycles. The van der Waals surface area contributed by atoms with Crippen molar-refractivity contribution < 1.29 is 27.4 Å². The number of aryl methyl sites for hydroxylation is 1. The lowest BCUT2D eigenvalue weighted by Crippen LogP contribution is -2.35. The molecule has 0 aromatic heterocycles. The van der Waals surface area contributed by atoms with Gasteiger partial charge in [0.05, 0.1) is 26.2 Å². The number of hydrogen-bond acceptors (Lipinski definition) is 6. The van der Waals surface area contributed by atoms with Gasteiger partial charge in [0, 0.05) is 33.1 Å². The Balaban J connectivity index is 1.59. The highest BCUT2D eigenvalue weighted by Gasteiger charge is 2.25. The first kappa shape index (κ1) is 25.8. The predicted molar refractivity (Wildman–Crippen MR) is 130 cm³/mol. The number of rotatable bonds is 10. The molecule has 0 aliphatic carbocycles. The Hall–Kier alpha value is -2.78. The first-order chi connectivity index (χ1) is 16.3. The first-order valence-electron chi connectivity index (χ1n) is 11.4. The van der Waals surface area contributed by atoms with Crippen molar-refractivity contribution in [2.75, 3.05) is 41.5 Å². The van der Waals surface area contributed by atoms with E-state index in [0.29, 0.717) is 54.6 Å². The molecule has 0 saturated carbocycles. The summed E-state index contributed by atoms with van der Waals surface area (Å²) in [6.07, 6.45) is 3.74. The Morgan fingerprint density at radius 1 is 0.912 bits per heavy atom. The molecule has 2 aromatic rings. The number of carbonyl (C=O) groups excluding carboxylic acids is 1. The molecule has 34 heavy (non-hydrogen) atoms. The number of methoxy groups -OCH3 is 3. The lowest BCUT2D eigenvalue weighted by molar-refractivity contribution is -0.130. The minimum Gasteiger partial charge on any atom is -0.493 e. The molecule has 0 unspecified atom stereocenters. The van der Waals surface area contributed by atoms with Gasteiger partial charge in [-0.3, -0.25) is 4.79 Å². The topological polar surface area (TPSA) is 85.4 Å². The number of nitrogens with zero attached hydrogens (tertiary/aromatic N) is 2. The van der Waals surface area contributed by atoms with Crippen molar-refractivity contribution in [2.24, 2.45) is 0 Å². The molecule has 8 nitrogen and oxygen atoms in total. The van der Waals surface area contributed by atoms with Crippen LogP contribution in [0.15, 0.2) is 41.3 Å². The Morgan fingerprint density at radius 2 is 1.50 bits per heavy atom. The van der Waals surface area contributed by atoms with Crippen LogP contribution in [0.2, 0.25) is 0 Å². The Morgan fingerprint density at radius 3 is 2.03 bits per heavy atom. The average molecular weight is 491 g/mol. The van der Waals surface area contributed by atoms with Gasteiger partial charge in [-0.2, -0.15) is 4.31 Å². The summed E-state index contributed by atoms with van der Waals surface area (Å²) in [5, 5.41) is 0. The molecule has 2 aromatic carbocycles. The van der Waals surface area contributed by atoms with Gasteiger partial charge >= 0.3 is 0 Å². The van der Waals surface area contributed by atoms with Crippen LogP contribution in [0.4, 0.5) is 0 Å². The summed E-state index contributed by atoms with van der Waals surface area (Å²) >= 11 is 0. The SMILES string of the molecule is COc1cc(CN(C)C(=O)CCc2ccc(S(=O)(=O)N3CCCCC3)cc2)cc(OC)c1OC. The number of amides is 1. The highest BCUT2D eigenvalue weighted by atomic mass is 32.2. The van der Waals surface area contributed by atoms with E-state index in [1.807, 2.05) is 12.1 Å². The van der Waals surface area contributed by atoms with Gasteiger partial charge in [0.1, 0.15) is 0 Å². The number of sulfonamides is 1. The van der Waals surface area contributed by atoms with E-state index in [0.717, 1.165) is 30.4 Å². The molecule has 1 aliphatic heterocycles. The second-order valence-corrected chi connectivity index (χ2v) is 10.3. The molecule has 0 atom stereocenters. The number of ether oxygens (including phenoxy) is 3. The fourth-order valence-electron chi connectivity index (χ4n) is 4.11. The van der Waals surface area contributed by atoms with Crippen LogP contribution in [0.3, 0.4) is 0 Å². The summed E-state index contributed by atoms with van der Waals surface area (Å²) in [7, 11) is 2.96.